The van der Waals surface area contributed by atoms with E-state index < -0.39 is 0 Å². The van der Waals surface area contributed by atoms with Crippen molar-refractivity contribution in [2.45, 2.75) is 32.7 Å². The van der Waals surface area contributed by atoms with E-state index in [4.69, 9.17) is 4.42 Å². The summed E-state index contributed by atoms with van der Waals surface area (Å²) in [6.07, 6.45) is 4.65. The van der Waals surface area contributed by atoms with Crippen molar-refractivity contribution in [2.75, 3.05) is 5.32 Å². The number of rotatable bonds is 4. The minimum absolute atomic E-state index is 0.0181. The standard InChI is InChI=1S/C22H20N4O3/c1-13(15-5-7-18-16(11-15)6-8-19(27)25-18)24-21(28)20-14(2)29-22(17(20)12-23)26-9-3-4-10-26/h3-5,7,9-11,13H,6,8H2,1-2H3,(H,24,28)(H,25,27). The van der Waals surface area contributed by atoms with E-state index in [1.807, 2.05) is 37.3 Å². The number of benzene rings is 1. The van der Waals surface area contributed by atoms with Crippen LogP contribution in [-0.2, 0) is 11.2 Å². The minimum Gasteiger partial charge on any atom is -0.443 e. The number of aryl methyl sites for hydroxylation is 2. The minimum atomic E-state index is -0.361. The van der Waals surface area contributed by atoms with E-state index in [-0.39, 0.29) is 29.0 Å². The predicted molar refractivity (Wildman–Crippen MR) is 107 cm³/mol. The maximum absolute atomic E-state index is 13.0. The number of carbonyl (C=O) groups is 2. The number of carbonyl (C=O) groups excluding carboxylic acids is 2. The van der Waals surface area contributed by atoms with Gasteiger partial charge in [-0.3, -0.25) is 14.2 Å². The van der Waals surface area contributed by atoms with Crippen molar-refractivity contribution in [1.29, 1.82) is 5.26 Å². The molecule has 0 bridgehead atoms. The fourth-order valence-corrected chi connectivity index (χ4v) is 3.58. The Morgan fingerprint density at radius 1 is 1.31 bits per heavy atom. The molecule has 2 amide bonds. The molecule has 3 heterocycles. The molecule has 2 aromatic heterocycles. The normalized spacial score (nSPS) is 13.9. The Kier molecular flexibility index (Phi) is 4.69. The molecule has 0 aliphatic carbocycles. The Hall–Kier alpha value is -3.79. The molecule has 1 unspecified atom stereocenters. The lowest BCUT2D eigenvalue weighted by Gasteiger charge is -2.20. The SMILES string of the molecule is Cc1oc(-n2cccc2)c(C#N)c1C(=O)NC(C)c1ccc2c(c1)CCC(=O)N2. The molecule has 0 saturated carbocycles. The number of hydrogen-bond donors (Lipinski definition) is 2. The molecule has 0 radical (unpaired) electrons. The lowest BCUT2D eigenvalue weighted by Crippen LogP contribution is -2.28. The molecule has 1 atom stereocenters. The molecule has 1 aliphatic rings. The summed E-state index contributed by atoms with van der Waals surface area (Å²) in [4.78, 5) is 24.5. The Labute approximate surface area is 167 Å². The van der Waals surface area contributed by atoms with E-state index in [1.54, 1.807) is 23.9 Å². The number of aromatic nitrogens is 1. The summed E-state index contributed by atoms with van der Waals surface area (Å²) >= 11 is 0. The molecule has 7 heteroatoms. The van der Waals surface area contributed by atoms with Gasteiger partial charge in [0, 0.05) is 24.5 Å². The highest BCUT2D eigenvalue weighted by Crippen LogP contribution is 2.28. The zero-order chi connectivity index (χ0) is 20.5. The topological polar surface area (TPSA) is 100 Å². The molecule has 146 valence electrons. The molecule has 2 N–H and O–H groups in total. The first kappa shape index (κ1) is 18.6. The Bertz CT molecular complexity index is 1140. The van der Waals surface area contributed by atoms with Crippen molar-refractivity contribution in [2.24, 2.45) is 0 Å². The van der Waals surface area contributed by atoms with Crippen LogP contribution in [0.25, 0.3) is 5.88 Å². The lowest BCUT2D eigenvalue weighted by atomic mass is 9.97. The second-order valence-electron chi connectivity index (χ2n) is 7.08. The number of hydrogen-bond acceptors (Lipinski definition) is 4. The van der Waals surface area contributed by atoms with Crippen LogP contribution in [0.4, 0.5) is 5.69 Å². The third-order valence-corrected chi connectivity index (χ3v) is 5.12. The van der Waals surface area contributed by atoms with Crippen LogP contribution in [0, 0.1) is 18.3 Å². The average molecular weight is 388 g/mol. The van der Waals surface area contributed by atoms with E-state index >= 15 is 0 Å². The Balaban J connectivity index is 1.59. The van der Waals surface area contributed by atoms with E-state index in [0.29, 0.717) is 24.5 Å². The summed E-state index contributed by atoms with van der Waals surface area (Å²) in [6.45, 7) is 3.56. The van der Waals surface area contributed by atoms with Crippen LogP contribution >= 0.6 is 0 Å². The number of nitriles is 1. The summed E-state index contributed by atoms with van der Waals surface area (Å²) in [5.74, 6) is 0.379. The number of nitrogens with one attached hydrogen (secondary N) is 2. The van der Waals surface area contributed by atoms with Crippen LogP contribution in [0.3, 0.4) is 0 Å². The number of anilines is 1. The molecule has 0 fully saturated rings. The van der Waals surface area contributed by atoms with Crippen molar-refractivity contribution >= 4 is 17.5 Å². The maximum atomic E-state index is 13.0. The molecule has 1 aliphatic heterocycles. The van der Waals surface area contributed by atoms with Gasteiger partial charge >= 0.3 is 0 Å². The largest absolute Gasteiger partial charge is 0.443 e. The first-order valence-electron chi connectivity index (χ1n) is 9.38. The second-order valence-corrected chi connectivity index (χ2v) is 7.08. The summed E-state index contributed by atoms with van der Waals surface area (Å²) < 4.78 is 7.38. The molecule has 0 saturated heterocycles. The molecular formula is C22H20N4O3. The van der Waals surface area contributed by atoms with E-state index in [2.05, 4.69) is 16.7 Å². The summed E-state index contributed by atoms with van der Waals surface area (Å²) in [6, 6.07) is 11.2. The summed E-state index contributed by atoms with van der Waals surface area (Å²) in [5, 5.41) is 15.4. The van der Waals surface area contributed by atoms with Crippen LogP contribution in [0.5, 0.6) is 0 Å². The van der Waals surface area contributed by atoms with Crippen molar-refractivity contribution in [1.82, 2.24) is 9.88 Å². The van der Waals surface area contributed by atoms with E-state index in [0.717, 1.165) is 16.8 Å². The number of furan rings is 1. The van der Waals surface area contributed by atoms with Gasteiger partial charge in [0.1, 0.15) is 23.0 Å². The first-order valence-corrected chi connectivity index (χ1v) is 9.38. The molecule has 29 heavy (non-hydrogen) atoms. The van der Waals surface area contributed by atoms with Gasteiger partial charge in [-0.2, -0.15) is 5.26 Å². The summed E-state index contributed by atoms with van der Waals surface area (Å²) in [7, 11) is 0. The number of nitrogens with zero attached hydrogens (tertiary/aromatic N) is 2. The third-order valence-electron chi connectivity index (χ3n) is 5.12. The van der Waals surface area contributed by atoms with Crippen LogP contribution in [0.1, 0.15) is 52.2 Å². The smallest absolute Gasteiger partial charge is 0.256 e. The van der Waals surface area contributed by atoms with Crippen LogP contribution in [0.15, 0.2) is 47.1 Å². The Morgan fingerprint density at radius 3 is 2.79 bits per heavy atom. The molecule has 7 nitrogen and oxygen atoms in total. The Morgan fingerprint density at radius 2 is 2.07 bits per heavy atom. The molecule has 1 aromatic carbocycles. The van der Waals surface area contributed by atoms with Gasteiger partial charge in [0.25, 0.3) is 5.91 Å². The van der Waals surface area contributed by atoms with Gasteiger partial charge in [-0.25, -0.2) is 0 Å². The van der Waals surface area contributed by atoms with Gasteiger partial charge in [-0.05, 0) is 49.6 Å². The van der Waals surface area contributed by atoms with Gasteiger partial charge < -0.3 is 15.1 Å². The van der Waals surface area contributed by atoms with Crippen LogP contribution < -0.4 is 10.6 Å². The zero-order valence-corrected chi connectivity index (χ0v) is 16.2. The van der Waals surface area contributed by atoms with Crippen molar-refractivity contribution in [3.8, 4) is 12.0 Å². The molecular weight excluding hydrogens is 368 g/mol. The second kappa shape index (κ2) is 7.32. The van der Waals surface area contributed by atoms with Gasteiger partial charge in [0.05, 0.1) is 6.04 Å². The number of fused-ring (bicyclic) bond motifs is 1. The van der Waals surface area contributed by atoms with Crippen LogP contribution in [-0.4, -0.2) is 16.4 Å². The van der Waals surface area contributed by atoms with Gasteiger partial charge in [-0.15, -0.1) is 0 Å². The quantitative estimate of drug-likeness (QED) is 0.713. The highest BCUT2D eigenvalue weighted by atomic mass is 16.4. The highest BCUT2D eigenvalue weighted by Gasteiger charge is 2.26. The highest BCUT2D eigenvalue weighted by molar-refractivity contribution is 5.99. The predicted octanol–water partition coefficient (Wildman–Crippen LogP) is 3.63. The van der Waals surface area contributed by atoms with Crippen molar-refractivity contribution in [3.63, 3.8) is 0 Å². The fraction of sp³-hybridized carbons (Fsp3) is 0.227. The fourth-order valence-electron chi connectivity index (χ4n) is 3.58. The van der Waals surface area contributed by atoms with Gasteiger partial charge in [-0.1, -0.05) is 12.1 Å². The molecule has 3 aromatic rings. The summed E-state index contributed by atoms with van der Waals surface area (Å²) in [5.41, 5.74) is 3.25. The first-order chi connectivity index (χ1) is 14.0. The molecule has 0 spiro atoms. The van der Waals surface area contributed by atoms with Gasteiger partial charge in [0.15, 0.2) is 0 Å². The molecule has 4 rings (SSSR count). The van der Waals surface area contributed by atoms with Crippen molar-refractivity contribution in [3.05, 3.63) is 70.7 Å². The van der Waals surface area contributed by atoms with Crippen molar-refractivity contribution < 1.29 is 14.0 Å². The average Bonchev–Trinajstić information content (AvgIpc) is 3.34. The maximum Gasteiger partial charge on any atom is 0.256 e. The monoisotopic (exact) mass is 388 g/mol. The zero-order valence-electron chi connectivity index (χ0n) is 16.2. The third kappa shape index (κ3) is 3.41. The van der Waals surface area contributed by atoms with E-state index in [1.165, 1.54) is 0 Å². The van der Waals surface area contributed by atoms with Gasteiger partial charge in [0.2, 0.25) is 11.8 Å². The van der Waals surface area contributed by atoms with E-state index in [9.17, 15) is 14.9 Å². The number of amides is 2. The lowest BCUT2D eigenvalue weighted by molar-refractivity contribution is -0.116. The van der Waals surface area contributed by atoms with Crippen LogP contribution in [0.2, 0.25) is 0 Å².